The second-order valence-corrected chi connectivity index (χ2v) is 4.27. The predicted molar refractivity (Wildman–Crippen MR) is 58.5 cm³/mol. The molecule has 84 valence electrons. The fourth-order valence-corrected chi connectivity index (χ4v) is 2.40. The molecule has 1 aromatic rings. The first-order valence-electron chi connectivity index (χ1n) is 4.50. The van der Waals surface area contributed by atoms with E-state index in [1.54, 1.807) is 0 Å². The van der Waals surface area contributed by atoms with E-state index in [0.717, 1.165) is 6.07 Å². The average molecular weight is 241 g/mol. The molecule has 0 saturated heterocycles. The molecule has 1 aliphatic rings. The van der Waals surface area contributed by atoms with Crippen LogP contribution in [0.25, 0.3) is 0 Å². The van der Waals surface area contributed by atoms with Gasteiger partial charge in [-0.1, -0.05) is 0 Å². The number of benzene rings is 1. The van der Waals surface area contributed by atoms with Crippen LogP contribution in [0.3, 0.4) is 0 Å². The number of carboxylic acids is 1. The molecule has 0 fully saturated rings. The molecule has 0 aliphatic carbocycles. The van der Waals surface area contributed by atoms with E-state index < -0.39 is 17.8 Å². The van der Waals surface area contributed by atoms with Crippen molar-refractivity contribution < 1.29 is 19.4 Å². The van der Waals surface area contributed by atoms with Crippen LogP contribution in [-0.2, 0) is 4.79 Å². The summed E-state index contributed by atoms with van der Waals surface area (Å²) in [4.78, 5) is 14.6. The van der Waals surface area contributed by atoms with Gasteiger partial charge in [0.2, 0.25) is 0 Å². The number of hydrogen-bond donors (Lipinski definition) is 2. The molecule has 0 unspecified atom stereocenters. The maximum atomic E-state index is 12.7. The lowest BCUT2D eigenvalue weighted by molar-refractivity contribution is -0.137. The molecule has 0 aromatic heterocycles. The number of hydrogen-bond acceptors (Lipinski definition) is 4. The second kappa shape index (κ2) is 4.13. The van der Waals surface area contributed by atoms with Crippen molar-refractivity contribution in [2.75, 3.05) is 5.75 Å². The standard InChI is InChI=1S/C10H8FNO3S/c11-5-1-2-6(8(13)3-5)9-12-7(4-16-9)10(14)15/h1-3,7,13H,4H2,(H,14,15)/t7-/m0/s1. The lowest BCUT2D eigenvalue weighted by Crippen LogP contribution is -2.17. The van der Waals surface area contributed by atoms with E-state index in [1.165, 1.54) is 23.9 Å². The zero-order chi connectivity index (χ0) is 11.7. The van der Waals surface area contributed by atoms with Crippen LogP contribution in [0.15, 0.2) is 23.2 Å². The first-order valence-corrected chi connectivity index (χ1v) is 5.49. The Labute approximate surface area is 94.8 Å². The highest BCUT2D eigenvalue weighted by Gasteiger charge is 2.26. The normalized spacial score (nSPS) is 19.6. The number of aliphatic imine (C=N–C) groups is 1. The number of phenols is 1. The quantitative estimate of drug-likeness (QED) is 0.822. The van der Waals surface area contributed by atoms with Gasteiger partial charge in [0.15, 0.2) is 6.04 Å². The highest BCUT2D eigenvalue weighted by Crippen LogP contribution is 2.29. The summed E-state index contributed by atoms with van der Waals surface area (Å²) < 4.78 is 12.7. The monoisotopic (exact) mass is 241 g/mol. The Kier molecular flexibility index (Phi) is 2.82. The van der Waals surface area contributed by atoms with Gasteiger partial charge in [0.25, 0.3) is 0 Å². The Morgan fingerprint density at radius 1 is 1.56 bits per heavy atom. The number of carbonyl (C=O) groups is 1. The SMILES string of the molecule is O=C(O)[C@@H]1CSC(c2ccc(F)cc2O)=N1. The van der Waals surface area contributed by atoms with Gasteiger partial charge in [0, 0.05) is 17.4 Å². The molecule has 16 heavy (non-hydrogen) atoms. The number of aliphatic carboxylic acids is 1. The molecule has 1 atom stereocenters. The third-order valence-electron chi connectivity index (χ3n) is 2.13. The fraction of sp³-hybridized carbons (Fsp3) is 0.200. The molecule has 0 spiro atoms. The van der Waals surface area contributed by atoms with Crippen LogP contribution >= 0.6 is 11.8 Å². The molecule has 6 heteroatoms. The van der Waals surface area contributed by atoms with Gasteiger partial charge in [-0.15, -0.1) is 11.8 Å². The summed E-state index contributed by atoms with van der Waals surface area (Å²) >= 11 is 1.24. The molecule has 2 N–H and O–H groups in total. The summed E-state index contributed by atoms with van der Waals surface area (Å²) in [6.07, 6.45) is 0. The van der Waals surface area contributed by atoms with Crippen LogP contribution in [0.5, 0.6) is 5.75 Å². The van der Waals surface area contributed by atoms with Gasteiger partial charge in [0.05, 0.1) is 0 Å². The first-order chi connectivity index (χ1) is 7.58. The van der Waals surface area contributed by atoms with E-state index in [0.29, 0.717) is 16.4 Å². The molecule has 0 radical (unpaired) electrons. The lowest BCUT2D eigenvalue weighted by Gasteiger charge is -2.02. The molecular weight excluding hydrogens is 233 g/mol. The Bertz CT molecular complexity index is 475. The Balaban J connectivity index is 2.32. The maximum Gasteiger partial charge on any atom is 0.329 e. The zero-order valence-corrected chi connectivity index (χ0v) is 8.87. The van der Waals surface area contributed by atoms with E-state index in [4.69, 9.17) is 5.11 Å². The lowest BCUT2D eigenvalue weighted by atomic mass is 10.2. The number of nitrogens with zero attached hydrogens (tertiary/aromatic N) is 1. The number of carboxylic acid groups (broad SMARTS) is 1. The minimum absolute atomic E-state index is 0.225. The number of phenolic OH excluding ortho intramolecular Hbond substituents is 1. The largest absolute Gasteiger partial charge is 0.507 e. The van der Waals surface area contributed by atoms with Crippen LogP contribution in [0, 0.1) is 5.82 Å². The molecular formula is C10H8FNO3S. The van der Waals surface area contributed by atoms with Crippen molar-refractivity contribution in [3.8, 4) is 5.75 Å². The van der Waals surface area contributed by atoms with Gasteiger partial charge in [-0.05, 0) is 12.1 Å². The van der Waals surface area contributed by atoms with Crippen LogP contribution < -0.4 is 0 Å². The van der Waals surface area contributed by atoms with Gasteiger partial charge in [-0.2, -0.15) is 0 Å². The summed E-state index contributed by atoms with van der Waals surface area (Å²) in [6, 6.07) is 2.78. The van der Waals surface area contributed by atoms with Gasteiger partial charge in [-0.25, -0.2) is 9.18 Å². The second-order valence-electron chi connectivity index (χ2n) is 3.26. The molecule has 4 nitrogen and oxygen atoms in total. The van der Waals surface area contributed by atoms with Crippen molar-refractivity contribution in [3.05, 3.63) is 29.6 Å². The maximum absolute atomic E-state index is 12.7. The predicted octanol–water partition coefficient (Wildman–Crippen LogP) is 1.48. The summed E-state index contributed by atoms with van der Waals surface area (Å²) in [6.45, 7) is 0. The minimum atomic E-state index is -0.996. The van der Waals surface area contributed by atoms with E-state index in [2.05, 4.69) is 4.99 Å². The van der Waals surface area contributed by atoms with Crippen molar-refractivity contribution in [2.24, 2.45) is 4.99 Å². The average Bonchev–Trinajstić information content (AvgIpc) is 2.66. The smallest absolute Gasteiger partial charge is 0.329 e. The number of halogens is 1. The van der Waals surface area contributed by atoms with Crippen molar-refractivity contribution >= 4 is 22.8 Å². The van der Waals surface area contributed by atoms with Crippen molar-refractivity contribution in [2.45, 2.75) is 6.04 Å². The summed E-state index contributed by atoms with van der Waals surface area (Å²) in [5.41, 5.74) is 0.371. The van der Waals surface area contributed by atoms with Gasteiger partial charge in [0.1, 0.15) is 16.6 Å². The number of thioether (sulfide) groups is 1. The highest BCUT2D eigenvalue weighted by atomic mass is 32.2. The minimum Gasteiger partial charge on any atom is -0.507 e. The molecule has 1 heterocycles. The summed E-state index contributed by atoms with van der Waals surface area (Å²) in [7, 11) is 0. The third-order valence-corrected chi connectivity index (χ3v) is 3.21. The molecule has 0 bridgehead atoms. The molecule has 2 rings (SSSR count). The number of rotatable bonds is 2. The number of aromatic hydroxyl groups is 1. The Morgan fingerprint density at radius 3 is 2.88 bits per heavy atom. The summed E-state index contributed by atoms with van der Waals surface area (Å²) in [5, 5.41) is 18.7. The first kappa shape index (κ1) is 10.9. The van der Waals surface area contributed by atoms with Crippen LogP contribution in [-0.4, -0.2) is 33.0 Å². The topological polar surface area (TPSA) is 69.9 Å². The van der Waals surface area contributed by atoms with Crippen LogP contribution in [0.4, 0.5) is 4.39 Å². The van der Waals surface area contributed by atoms with Crippen molar-refractivity contribution in [3.63, 3.8) is 0 Å². The van der Waals surface area contributed by atoms with E-state index >= 15 is 0 Å². The third kappa shape index (κ3) is 2.01. The Hall–Kier alpha value is -1.56. The molecule has 1 aliphatic heterocycles. The van der Waals surface area contributed by atoms with Crippen molar-refractivity contribution in [1.29, 1.82) is 0 Å². The Morgan fingerprint density at radius 2 is 2.31 bits per heavy atom. The zero-order valence-electron chi connectivity index (χ0n) is 8.05. The van der Waals surface area contributed by atoms with E-state index in [9.17, 15) is 14.3 Å². The molecule has 0 amide bonds. The van der Waals surface area contributed by atoms with Crippen LogP contribution in [0.2, 0.25) is 0 Å². The fourth-order valence-electron chi connectivity index (χ4n) is 1.33. The highest BCUT2D eigenvalue weighted by molar-refractivity contribution is 8.14. The van der Waals surface area contributed by atoms with Gasteiger partial charge >= 0.3 is 5.97 Å². The van der Waals surface area contributed by atoms with E-state index in [-0.39, 0.29) is 5.75 Å². The van der Waals surface area contributed by atoms with E-state index in [1.807, 2.05) is 0 Å². The molecule has 1 aromatic carbocycles. The van der Waals surface area contributed by atoms with Gasteiger partial charge in [-0.3, -0.25) is 4.99 Å². The summed E-state index contributed by atoms with van der Waals surface area (Å²) in [5.74, 6) is -1.43. The molecule has 0 saturated carbocycles. The van der Waals surface area contributed by atoms with Gasteiger partial charge < -0.3 is 10.2 Å². The van der Waals surface area contributed by atoms with Crippen LogP contribution in [0.1, 0.15) is 5.56 Å². The van der Waals surface area contributed by atoms with Crippen molar-refractivity contribution in [1.82, 2.24) is 0 Å².